The maximum Gasteiger partial charge on any atom is 0.232 e. The van der Waals surface area contributed by atoms with Gasteiger partial charge in [0.1, 0.15) is 17.5 Å². The molecule has 3 aliphatic rings. The first kappa shape index (κ1) is 43.5. The number of anilines is 2. The molecule has 5 rings (SSSR count). The number of rotatable bonds is 18. The average Bonchev–Trinajstić information content (AvgIpc) is 3.88. The molecule has 1 unspecified atom stereocenters. The van der Waals surface area contributed by atoms with E-state index in [1.165, 1.54) is 0 Å². The fourth-order valence-corrected chi connectivity index (χ4v) is 9.11. The largest absolute Gasteiger partial charge is 0.269 e. The Morgan fingerprint density at radius 3 is 1.65 bits per heavy atom. The minimum Gasteiger partial charge on any atom is -0.269 e. The van der Waals surface area contributed by atoms with Gasteiger partial charge in [-0.05, 0) is 55.9 Å². The van der Waals surface area contributed by atoms with Gasteiger partial charge in [0.25, 0.3) is 0 Å². The molecule has 290 valence electrons. The molecule has 0 fully saturated rings. The van der Waals surface area contributed by atoms with E-state index in [0.29, 0.717) is 49.7 Å². The molecule has 0 heterocycles. The Bertz CT molecular complexity index is 2140. The number of halogens is 4. The summed E-state index contributed by atoms with van der Waals surface area (Å²) in [6.07, 6.45) is 22.6. The SMILES string of the molecule is CCCCCCN(c1ccc(F)c(C2=[C-]C(C3=CC=CC3)C(C3=CC=CC3)=C2c2c(F)ccc(N(CCCCCC)S(C)(=O)=O)c2F)c1F)S(C)(=O)=O.[Ti]. The summed E-state index contributed by atoms with van der Waals surface area (Å²) in [5.74, 6) is -5.32. The maximum absolute atomic E-state index is 17.2. The quantitative estimate of drug-likeness (QED) is 0.0650. The minimum absolute atomic E-state index is 0. The summed E-state index contributed by atoms with van der Waals surface area (Å²) in [5, 5.41) is 0. The molecule has 0 spiro atoms. The molecular formula is C41H47F4N2O4S2Ti-. The molecule has 0 aliphatic heterocycles. The summed E-state index contributed by atoms with van der Waals surface area (Å²) >= 11 is 0. The summed E-state index contributed by atoms with van der Waals surface area (Å²) in [6, 6.07) is 4.05. The van der Waals surface area contributed by atoms with Crippen LogP contribution in [0.4, 0.5) is 28.9 Å². The predicted molar refractivity (Wildman–Crippen MR) is 206 cm³/mol. The topological polar surface area (TPSA) is 74.8 Å². The van der Waals surface area contributed by atoms with Gasteiger partial charge in [0.05, 0.1) is 29.7 Å². The summed E-state index contributed by atoms with van der Waals surface area (Å²) in [5.41, 5.74) is -0.746. The van der Waals surface area contributed by atoms with Crippen molar-refractivity contribution >= 4 is 42.6 Å². The van der Waals surface area contributed by atoms with Crippen molar-refractivity contribution in [1.29, 1.82) is 0 Å². The van der Waals surface area contributed by atoms with Crippen LogP contribution in [0.1, 0.15) is 89.2 Å². The zero-order valence-electron chi connectivity index (χ0n) is 31.2. The van der Waals surface area contributed by atoms with Gasteiger partial charge in [0, 0.05) is 40.4 Å². The van der Waals surface area contributed by atoms with Gasteiger partial charge >= 0.3 is 0 Å². The maximum atomic E-state index is 17.2. The van der Waals surface area contributed by atoms with Crippen LogP contribution in [0.5, 0.6) is 0 Å². The third-order valence-corrected chi connectivity index (χ3v) is 12.2. The van der Waals surface area contributed by atoms with E-state index in [1.54, 1.807) is 12.2 Å². The zero-order valence-corrected chi connectivity index (χ0v) is 34.4. The number of hydrogen-bond acceptors (Lipinski definition) is 4. The Labute approximate surface area is 333 Å². The Kier molecular flexibility index (Phi) is 15.0. The molecule has 0 radical (unpaired) electrons. The summed E-state index contributed by atoms with van der Waals surface area (Å²) < 4.78 is 121. The van der Waals surface area contributed by atoms with Gasteiger partial charge in [-0.15, -0.1) is 5.57 Å². The van der Waals surface area contributed by atoms with Crippen molar-refractivity contribution in [2.75, 3.05) is 34.2 Å². The third kappa shape index (κ3) is 9.43. The van der Waals surface area contributed by atoms with Gasteiger partial charge in [0.15, 0.2) is 0 Å². The molecule has 2 aromatic rings. The molecule has 54 heavy (non-hydrogen) atoms. The second-order valence-corrected chi connectivity index (χ2v) is 17.6. The minimum atomic E-state index is -4.04. The molecule has 0 saturated heterocycles. The van der Waals surface area contributed by atoms with E-state index in [2.05, 4.69) is 6.08 Å². The van der Waals surface area contributed by atoms with E-state index in [4.69, 9.17) is 0 Å². The smallest absolute Gasteiger partial charge is 0.232 e. The third-order valence-electron chi connectivity index (χ3n) is 9.79. The molecule has 0 bridgehead atoms. The average molecular weight is 820 g/mol. The molecular weight excluding hydrogens is 772 g/mol. The van der Waals surface area contributed by atoms with Crippen LogP contribution in [0.2, 0.25) is 0 Å². The van der Waals surface area contributed by atoms with Crippen LogP contribution in [-0.2, 0) is 41.8 Å². The zero-order chi connectivity index (χ0) is 38.5. The van der Waals surface area contributed by atoms with E-state index in [-0.39, 0.29) is 51.6 Å². The number of unbranched alkanes of at least 4 members (excludes halogenated alkanes) is 6. The molecule has 0 saturated carbocycles. The van der Waals surface area contributed by atoms with E-state index < -0.39 is 66.0 Å². The first-order valence-corrected chi connectivity index (χ1v) is 21.9. The van der Waals surface area contributed by atoms with E-state index in [1.807, 2.05) is 38.2 Å². The normalized spacial score (nSPS) is 16.8. The van der Waals surface area contributed by atoms with Gasteiger partial charge in [-0.2, -0.15) is 11.6 Å². The monoisotopic (exact) mass is 819 g/mol. The first-order chi connectivity index (χ1) is 25.2. The molecule has 0 aromatic heterocycles. The molecule has 6 nitrogen and oxygen atoms in total. The van der Waals surface area contributed by atoms with Crippen molar-refractivity contribution in [3.63, 3.8) is 0 Å². The molecule has 1 atom stereocenters. The van der Waals surface area contributed by atoms with Gasteiger partial charge in [-0.1, -0.05) is 111 Å². The van der Waals surface area contributed by atoms with Gasteiger partial charge in [-0.25, -0.2) is 34.4 Å². The fourth-order valence-electron chi connectivity index (χ4n) is 7.19. The molecule has 3 aliphatic carbocycles. The molecule has 0 N–H and O–H groups in total. The van der Waals surface area contributed by atoms with Crippen molar-refractivity contribution in [2.45, 2.75) is 78.1 Å². The van der Waals surface area contributed by atoms with E-state index in [0.717, 1.165) is 76.6 Å². The standard InChI is InChI=1S/C41H47F4N2O4S2.Ti/c1-5-7-9-15-25-46(52(3,48)49)34-23-21-32(42)37(40(34)44)31-27-30(28-17-11-12-18-28)36(29-19-13-14-20-29)38(31)39-33(43)22-24-35(41(39)45)47(53(4,50)51)26-16-10-8-6-2;/h11-14,17,19,21-24,30H,5-10,15-16,18,20,25-26H2,1-4H3;/q-1;. The number of allylic oxidation sites excluding steroid dienone is 12. The number of nitrogens with zero attached hydrogens (tertiary/aromatic N) is 2. The Hall–Kier alpha value is -3.19. The fraction of sp³-hybridized carbons (Fsp3) is 0.415. The number of sulfonamides is 2. The Balaban J connectivity index is 0.00000650. The van der Waals surface area contributed by atoms with E-state index >= 15 is 17.6 Å². The second-order valence-electron chi connectivity index (χ2n) is 13.7. The summed E-state index contributed by atoms with van der Waals surface area (Å²) in [4.78, 5) is 0. The van der Waals surface area contributed by atoms with Crippen LogP contribution in [0.3, 0.4) is 0 Å². The van der Waals surface area contributed by atoms with E-state index in [9.17, 15) is 16.8 Å². The Morgan fingerprint density at radius 1 is 0.685 bits per heavy atom. The van der Waals surface area contributed by atoms with Gasteiger partial charge in [-0.3, -0.25) is 8.61 Å². The molecule has 0 amide bonds. The predicted octanol–water partition coefficient (Wildman–Crippen LogP) is 9.98. The van der Waals surface area contributed by atoms with Gasteiger partial charge < -0.3 is 0 Å². The van der Waals surface area contributed by atoms with Crippen LogP contribution in [0.25, 0.3) is 11.1 Å². The Morgan fingerprint density at radius 2 is 1.19 bits per heavy atom. The van der Waals surface area contributed by atoms with Crippen LogP contribution in [-0.4, -0.2) is 42.4 Å². The van der Waals surface area contributed by atoms with Crippen LogP contribution in [0.15, 0.2) is 77.4 Å². The van der Waals surface area contributed by atoms with Crippen LogP contribution >= 0.6 is 0 Å². The number of hydrogen-bond donors (Lipinski definition) is 0. The second kappa shape index (κ2) is 18.6. The van der Waals surface area contributed by atoms with Crippen molar-refractivity contribution < 1.29 is 56.1 Å². The number of benzene rings is 2. The first-order valence-electron chi connectivity index (χ1n) is 18.2. The van der Waals surface area contributed by atoms with Crippen molar-refractivity contribution in [3.05, 3.63) is 118 Å². The summed E-state index contributed by atoms with van der Waals surface area (Å²) in [7, 11) is -8.08. The molecule has 13 heteroatoms. The van der Waals surface area contributed by atoms with Crippen LogP contribution in [0, 0.1) is 35.3 Å². The molecule has 2 aromatic carbocycles. The van der Waals surface area contributed by atoms with Crippen molar-refractivity contribution in [1.82, 2.24) is 0 Å². The van der Waals surface area contributed by atoms with Crippen molar-refractivity contribution in [2.24, 2.45) is 5.92 Å². The van der Waals surface area contributed by atoms with Crippen molar-refractivity contribution in [3.8, 4) is 0 Å². The summed E-state index contributed by atoms with van der Waals surface area (Å²) in [6.45, 7) is 3.90. The van der Waals surface area contributed by atoms with Gasteiger partial charge in [0.2, 0.25) is 20.0 Å². The van der Waals surface area contributed by atoms with Crippen LogP contribution < -0.4 is 8.61 Å².